The van der Waals surface area contributed by atoms with E-state index in [9.17, 15) is 9.59 Å². The van der Waals surface area contributed by atoms with Gasteiger partial charge in [0.2, 0.25) is 5.91 Å². The Labute approximate surface area is 132 Å². The number of piperidine rings is 1. The largest absolute Gasteiger partial charge is 0.481 e. The smallest absolute Gasteiger partial charge is 0.303 e. The molecule has 1 aromatic rings. The topological polar surface area (TPSA) is 69.6 Å². The van der Waals surface area contributed by atoms with Crippen molar-refractivity contribution in [3.63, 3.8) is 0 Å². The summed E-state index contributed by atoms with van der Waals surface area (Å²) >= 11 is 3.35. The molecule has 1 amide bonds. The molecule has 2 rings (SSSR count). The second kappa shape index (κ2) is 7.56. The van der Waals surface area contributed by atoms with E-state index in [0.29, 0.717) is 13.1 Å². The van der Waals surface area contributed by atoms with Crippen molar-refractivity contribution < 1.29 is 14.7 Å². The second-order valence-corrected chi connectivity index (χ2v) is 6.31. The first-order valence-electron chi connectivity index (χ1n) is 7.02. The number of benzene rings is 1. The van der Waals surface area contributed by atoms with Crippen LogP contribution in [0.5, 0.6) is 0 Å². The molecule has 0 aliphatic carbocycles. The van der Waals surface area contributed by atoms with Gasteiger partial charge in [-0.15, -0.1) is 0 Å². The van der Waals surface area contributed by atoms with Gasteiger partial charge in [0.05, 0.1) is 6.54 Å². The molecular weight excluding hydrogens is 336 g/mol. The molecule has 0 spiro atoms. The summed E-state index contributed by atoms with van der Waals surface area (Å²) in [4.78, 5) is 24.8. The molecule has 1 atom stereocenters. The number of nitrogens with zero attached hydrogens (tertiary/aromatic N) is 1. The molecule has 1 saturated heterocycles. The van der Waals surface area contributed by atoms with E-state index in [1.165, 1.54) is 0 Å². The van der Waals surface area contributed by atoms with E-state index in [4.69, 9.17) is 5.11 Å². The van der Waals surface area contributed by atoms with Gasteiger partial charge in [-0.1, -0.05) is 15.9 Å². The van der Waals surface area contributed by atoms with Crippen molar-refractivity contribution in [2.24, 2.45) is 5.92 Å². The fraction of sp³-hybridized carbons (Fsp3) is 0.467. The third-order valence-electron chi connectivity index (χ3n) is 3.56. The maximum absolute atomic E-state index is 12.0. The number of nitrogens with one attached hydrogen (secondary N) is 1. The molecule has 1 aliphatic heterocycles. The van der Waals surface area contributed by atoms with E-state index < -0.39 is 5.97 Å². The van der Waals surface area contributed by atoms with Crippen LogP contribution < -0.4 is 5.32 Å². The SMILES string of the molecule is O=C(O)CC1CCCN(CC(=O)Nc2ccc(Br)cc2)C1. The molecule has 0 saturated carbocycles. The molecule has 1 fully saturated rings. The summed E-state index contributed by atoms with van der Waals surface area (Å²) in [5, 5.41) is 11.7. The zero-order valence-corrected chi connectivity index (χ0v) is 13.3. The summed E-state index contributed by atoms with van der Waals surface area (Å²) in [5.74, 6) is -0.675. The lowest BCUT2D eigenvalue weighted by Gasteiger charge is -2.31. The zero-order valence-electron chi connectivity index (χ0n) is 11.7. The van der Waals surface area contributed by atoms with Crippen LogP contribution in [0.3, 0.4) is 0 Å². The van der Waals surface area contributed by atoms with Gasteiger partial charge in [0.25, 0.3) is 0 Å². The van der Waals surface area contributed by atoms with Gasteiger partial charge in [-0.05, 0) is 49.6 Å². The van der Waals surface area contributed by atoms with Crippen LogP contribution in [0, 0.1) is 5.92 Å². The Morgan fingerprint density at radius 1 is 1.33 bits per heavy atom. The van der Waals surface area contributed by atoms with Crippen LogP contribution in [0.4, 0.5) is 5.69 Å². The zero-order chi connectivity index (χ0) is 15.2. The number of carboxylic acid groups (broad SMARTS) is 1. The highest BCUT2D eigenvalue weighted by Crippen LogP contribution is 2.19. The maximum atomic E-state index is 12.0. The van der Waals surface area contributed by atoms with Gasteiger partial charge in [-0.25, -0.2) is 0 Å². The van der Waals surface area contributed by atoms with Crippen LogP contribution in [0.1, 0.15) is 19.3 Å². The minimum atomic E-state index is -0.763. The van der Waals surface area contributed by atoms with Crippen LogP contribution in [-0.2, 0) is 9.59 Å². The maximum Gasteiger partial charge on any atom is 0.303 e. The summed E-state index contributed by atoms with van der Waals surface area (Å²) in [6, 6.07) is 7.43. The standard InChI is InChI=1S/C15H19BrN2O3/c16-12-3-5-13(6-4-12)17-14(19)10-18-7-1-2-11(9-18)8-15(20)21/h3-6,11H,1-2,7-10H2,(H,17,19)(H,20,21). The van der Waals surface area contributed by atoms with Crippen LogP contribution in [-0.4, -0.2) is 41.5 Å². The van der Waals surface area contributed by atoms with E-state index >= 15 is 0 Å². The lowest BCUT2D eigenvalue weighted by Crippen LogP contribution is -2.41. The fourth-order valence-electron chi connectivity index (χ4n) is 2.65. The predicted molar refractivity (Wildman–Crippen MR) is 84.2 cm³/mol. The summed E-state index contributed by atoms with van der Waals surface area (Å²) < 4.78 is 0.966. The molecule has 2 N–H and O–H groups in total. The number of hydrogen-bond donors (Lipinski definition) is 2. The molecule has 0 radical (unpaired) electrons. The molecule has 0 bridgehead atoms. The van der Waals surface area contributed by atoms with Gasteiger partial charge in [0, 0.05) is 23.1 Å². The Balaban J connectivity index is 1.81. The Hall–Kier alpha value is -1.40. The van der Waals surface area contributed by atoms with Crippen LogP contribution in [0.15, 0.2) is 28.7 Å². The van der Waals surface area contributed by atoms with Gasteiger partial charge in [-0.3, -0.25) is 14.5 Å². The highest BCUT2D eigenvalue weighted by atomic mass is 79.9. The van der Waals surface area contributed by atoms with Crippen LogP contribution >= 0.6 is 15.9 Å². The number of likely N-dealkylation sites (tertiary alicyclic amines) is 1. The first-order chi connectivity index (χ1) is 10.0. The molecule has 21 heavy (non-hydrogen) atoms. The Morgan fingerprint density at radius 3 is 2.71 bits per heavy atom. The Bertz CT molecular complexity index is 504. The van der Waals surface area contributed by atoms with E-state index in [1.54, 1.807) is 0 Å². The van der Waals surface area contributed by atoms with E-state index in [-0.39, 0.29) is 18.2 Å². The molecule has 6 heteroatoms. The minimum absolute atomic E-state index is 0.0618. The van der Waals surface area contributed by atoms with Crippen LogP contribution in [0.25, 0.3) is 0 Å². The van der Waals surface area contributed by atoms with Crippen molar-refractivity contribution in [2.75, 3.05) is 25.0 Å². The summed E-state index contributed by atoms with van der Waals surface area (Å²) in [6.07, 6.45) is 2.06. The number of halogens is 1. The summed E-state index contributed by atoms with van der Waals surface area (Å²) in [7, 11) is 0. The molecule has 114 valence electrons. The first-order valence-corrected chi connectivity index (χ1v) is 7.82. The molecule has 0 aromatic heterocycles. The van der Waals surface area contributed by atoms with Crippen LogP contribution in [0.2, 0.25) is 0 Å². The monoisotopic (exact) mass is 354 g/mol. The molecule has 1 unspecified atom stereocenters. The summed E-state index contributed by atoms with van der Waals surface area (Å²) in [5.41, 5.74) is 0.766. The summed E-state index contributed by atoms with van der Waals surface area (Å²) in [6.45, 7) is 1.84. The molecule has 1 aliphatic rings. The van der Waals surface area contributed by atoms with Crippen molar-refractivity contribution in [1.29, 1.82) is 0 Å². The lowest BCUT2D eigenvalue weighted by atomic mass is 9.95. The number of rotatable bonds is 5. The highest BCUT2D eigenvalue weighted by Gasteiger charge is 2.23. The normalized spacial score (nSPS) is 19.2. The van der Waals surface area contributed by atoms with Crippen molar-refractivity contribution in [3.05, 3.63) is 28.7 Å². The highest BCUT2D eigenvalue weighted by molar-refractivity contribution is 9.10. The van der Waals surface area contributed by atoms with Gasteiger partial charge in [0.15, 0.2) is 0 Å². The number of anilines is 1. The number of aliphatic carboxylic acids is 1. The minimum Gasteiger partial charge on any atom is -0.481 e. The van der Waals surface area contributed by atoms with E-state index in [0.717, 1.165) is 29.5 Å². The Kier molecular flexibility index (Phi) is 5.76. The Morgan fingerprint density at radius 2 is 2.05 bits per heavy atom. The number of carbonyl (C=O) groups excluding carboxylic acids is 1. The number of carbonyl (C=O) groups is 2. The van der Waals surface area contributed by atoms with Gasteiger partial charge in [0.1, 0.15) is 0 Å². The lowest BCUT2D eigenvalue weighted by molar-refractivity contribution is -0.138. The quantitative estimate of drug-likeness (QED) is 0.852. The first kappa shape index (κ1) is 16.0. The second-order valence-electron chi connectivity index (χ2n) is 5.40. The third kappa shape index (κ3) is 5.47. The van der Waals surface area contributed by atoms with Gasteiger partial charge >= 0.3 is 5.97 Å². The molecular formula is C15H19BrN2O3. The van der Waals surface area contributed by atoms with Crippen molar-refractivity contribution >= 4 is 33.5 Å². The number of hydrogen-bond acceptors (Lipinski definition) is 3. The molecule has 5 nitrogen and oxygen atoms in total. The van der Waals surface area contributed by atoms with Gasteiger partial charge in [-0.2, -0.15) is 0 Å². The van der Waals surface area contributed by atoms with E-state index in [1.807, 2.05) is 29.2 Å². The average Bonchev–Trinajstić information content (AvgIpc) is 2.41. The predicted octanol–water partition coefficient (Wildman–Crippen LogP) is 2.57. The van der Waals surface area contributed by atoms with E-state index in [2.05, 4.69) is 21.2 Å². The molecule has 1 heterocycles. The number of carboxylic acids is 1. The van der Waals surface area contributed by atoms with Crippen molar-refractivity contribution in [3.8, 4) is 0 Å². The average molecular weight is 355 g/mol. The molecule has 1 aromatic carbocycles. The van der Waals surface area contributed by atoms with Crippen molar-refractivity contribution in [1.82, 2.24) is 4.90 Å². The fourth-order valence-corrected chi connectivity index (χ4v) is 2.91. The van der Waals surface area contributed by atoms with Crippen molar-refractivity contribution in [2.45, 2.75) is 19.3 Å². The number of amides is 1. The third-order valence-corrected chi connectivity index (χ3v) is 4.09. The van der Waals surface area contributed by atoms with Gasteiger partial charge < -0.3 is 10.4 Å².